The molecule has 1 aliphatic rings. The number of hydrogen-bond donors (Lipinski definition) is 1. The molecule has 2 atom stereocenters. The molecule has 6 nitrogen and oxygen atoms in total. The number of carbonyl (C=O) groups is 1. The van der Waals surface area contributed by atoms with Gasteiger partial charge in [0.1, 0.15) is 0 Å². The molecule has 1 saturated heterocycles. The Morgan fingerprint density at radius 2 is 1.47 bits per heavy atom. The van der Waals surface area contributed by atoms with Crippen molar-refractivity contribution in [3.05, 3.63) is 84.4 Å². The number of nitrogens with zero attached hydrogens (tertiary/aromatic N) is 1. The summed E-state index contributed by atoms with van der Waals surface area (Å²) in [5.74, 6) is -0.254. The minimum atomic E-state index is -3.63. The lowest BCUT2D eigenvalue weighted by Gasteiger charge is -2.34. The third-order valence-corrected chi connectivity index (χ3v) is 7.24. The molecular weight excluding hydrogens is 424 g/mol. The number of rotatable bonds is 5. The van der Waals surface area contributed by atoms with Gasteiger partial charge >= 0.3 is 0 Å². The Kier molecular flexibility index (Phi) is 6.41. The van der Waals surface area contributed by atoms with Gasteiger partial charge in [-0.05, 0) is 55.3 Å². The monoisotopic (exact) mass is 450 g/mol. The highest BCUT2D eigenvalue weighted by molar-refractivity contribution is 7.89. The standard InChI is InChI=1S/C25H26N2O4S/c1-18-16-27(17-19(2)31-18)32(29,30)22-14-12-21(13-15-22)26-25(28)24-11-7-6-10-23(24)20-8-4-3-5-9-20/h3-15,18-19H,16-17H2,1-2H3,(H,26,28). The fourth-order valence-electron chi connectivity index (χ4n) is 3.94. The summed E-state index contributed by atoms with van der Waals surface area (Å²) in [4.78, 5) is 13.2. The first-order chi connectivity index (χ1) is 15.3. The zero-order chi connectivity index (χ0) is 22.7. The Morgan fingerprint density at radius 1 is 0.875 bits per heavy atom. The van der Waals surface area contributed by atoms with Crippen molar-refractivity contribution in [3.8, 4) is 11.1 Å². The van der Waals surface area contributed by atoms with E-state index in [1.54, 1.807) is 18.2 Å². The molecule has 2 unspecified atom stereocenters. The van der Waals surface area contributed by atoms with Gasteiger partial charge in [0.25, 0.3) is 5.91 Å². The molecule has 1 fully saturated rings. The fourth-order valence-corrected chi connectivity index (χ4v) is 5.53. The topological polar surface area (TPSA) is 75.7 Å². The Morgan fingerprint density at radius 3 is 2.12 bits per heavy atom. The van der Waals surface area contributed by atoms with Crippen LogP contribution in [0, 0.1) is 0 Å². The van der Waals surface area contributed by atoms with Crippen LogP contribution >= 0.6 is 0 Å². The first-order valence-corrected chi connectivity index (χ1v) is 12.0. The summed E-state index contributed by atoms with van der Waals surface area (Å²) in [6.45, 7) is 4.37. The van der Waals surface area contributed by atoms with Crippen molar-refractivity contribution in [2.75, 3.05) is 18.4 Å². The van der Waals surface area contributed by atoms with E-state index in [1.807, 2.05) is 62.4 Å². The minimum Gasteiger partial charge on any atom is -0.373 e. The van der Waals surface area contributed by atoms with Crippen LogP contribution in [0.4, 0.5) is 5.69 Å². The Labute approximate surface area is 188 Å². The maximum atomic E-state index is 13.0. The number of nitrogens with one attached hydrogen (secondary N) is 1. The normalized spacial score (nSPS) is 19.4. The third-order valence-electron chi connectivity index (χ3n) is 5.39. The lowest BCUT2D eigenvalue weighted by atomic mass is 9.99. The Balaban J connectivity index is 1.52. The van der Waals surface area contributed by atoms with E-state index in [-0.39, 0.29) is 23.0 Å². The van der Waals surface area contributed by atoms with Crippen LogP contribution in [0.15, 0.2) is 83.8 Å². The molecule has 166 valence electrons. The minimum absolute atomic E-state index is 0.156. The molecule has 4 rings (SSSR count). The molecular formula is C25H26N2O4S. The highest BCUT2D eigenvalue weighted by Crippen LogP contribution is 2.26. The van der Waals surface area contributed by atoms with Crippen LogP contribution in [0.3, 0.4) is 0 Å². The van der Waals surface area contributed by atoms with Crippen LogP contribution in [0.2, 0.25) is 0 Å². The smallest absolute Gasteiger partial charge is 0.256 e. The van der Waals surface area contributed by atoms with Crippen LogP contribution in [-0.4, -0.2) is 43.9 Å². The molecule has 7 heteroatoms. The van der Waals surface area contributed by atoms with Crippen molar-refractivity contribution in [2.24, 2.45) is 0 Å². The predicted octanol–water partition coefficient (Wildman–Crippen LogP) is 4.40. The first kappa shape index (κ1) is 22.2. The van der Waals surface area contributed by atoms with E-state index < -0.39 is 10.0 Å². The Hall–Kier alpha value is -3.00. The molecule has 1 aliphatic heterocycles. The summed E-state index contributed by atoms with van der Waals surface area (Å²) in [6.07, 6.45) is -0.312. The zero-order valence-corrected chi connectivity index (χ0v) is 18.9. The number of morpholine rings is 1. The highest BCUT2D eigenvalue weighted by atomic mass is 32.2. The second kappa shape index (κ2) is 9.24. The summed E-state index contributed by atoms with van der Waals surface area (Å²) in [6, 6.07) is 23.4. The quantitative estimate of drug-likeness (QED) is 0.625. The average molecular weight is 451 g/mol. The maximum absolute atomic E-state index is 13.0. The number of benzene rings is 3. The number of anilines is 1. The largest absolute Gasteiger partial charge is 0.373 e. The molecule has 32 heavy (non-hydrogen) atoms. The van der Waals surface area contributed by atoms with E-state index in [0.29, 0.717) is 24.3 Å². The molecule has 1 heterocycles. The number of carbonyl (C=O) groups excluding carboxylic acids is 1. The van der Waals surface area contributed by atoms with Crippen molar-refractivity contribution >= 4 is 21.6 Å². The van der Waals surface area contributed by atoms with Crippen LogP contribution in [-0.2, 0) is 14.8 Å². The van der Waals surface area contributed by atoms with E-state index in [2.05, 4.69) is 5.32 Å². The number of ether oxygens (including phenoxy) is 1. The zero-order valence-electron chi connectivity index (χ0n) is 18.1. The second-order valence-corrected chi connectivity index (χ2v) is 9.91. The van der Waals surface area contributed by atoms with Gasteiger partial charge in [0.2, 0.25) is 10.0 Å². The van der Waals surface area contributed by atoms with Gasteiger partial charge in [0, 0.05) is 24.3 Å². The number of hydrogen-bond acceptors (Lipinski definition) is 4. The van der Waals surface area contributed by atoms with Crippen molar-refractivity contribution in [3.63, 3.8) is 0 Å². The lowest BCUT2D eigenvalue weighted by molar-refractivity contribution is -0.0440. The average Bonchev–Trinajstić information content (AvgIpc) is 2.79. The summed E-state index contributed by atoms with van der Waals surface area (Å²) in [7, 11) is -3.63. The van der Waals surface area contributed by atoms with Gasteiger partial charge in [-0.1, -0.05) is 48.5 Å². The van der Waals surface area contributed by atoms with Crippen molar-refractivity contribution in [2.45, 2.75) is 31.0 Å². The van der Waals surface area contributed by atoms with E-state index in [1.165, 1.54) is 16.4 Å². The molecule has 1 N–H and O–H groups in total. The van der Waals surface area contributed by atoms with Crippen LogP contribution in [0.5, 0.6) is 0 Å². The first-order valence-electron chi connectivity index (χ1n) is 10.6. The predicted molar refractivity (Wildman–Crippen MR) is 125 cm³/mol. The van der Waals surface area contributed by atoms with E-state index >= 15 is 0 Å². The summed E-state index contributed by atoms with van der Waals surface area (Å²) in [5.41, 5.74) is 2.86. The summed E-state index contributed by atoms with van der Waals surface area (Å²) in [5, 5.41) is 2.87. The van der Waals surface area contributed by atoms with E-state index in [9.17, 15) is 13.2 Å². The van der Waals surface area contributed by atoms with E-state index in [0.717, 1.165) is 11.1 Å². The van der Waals surface area contributed by atoms with Gasteiger partial charge in [0.05, 0.1) is 17.1 Å². The third kappa shape index (κ3) is 4.75. The SMILES string of the molecule is CC1CN(S(=O)(=O)c2ccc(NC(=O)c3ccccc3-c3ccccc3)cc2)CC(C)O1. The molecule has 0 bridgehead atoms. The van der Waals surface area contributed by atoms with Crippen molar-refractivity contribution in [1.82, 2.24) is 4.31 Å². The van der Waals surface area contributed by atoms with Gasteiger partial charge < -0.3 is 10.1 Å². The molecule has 0 aromatic heterocycles. The lowest BCUT2D eigenvalue weighted by Crippen LogP contribution is -2.48. The van der Waals surface area contributed by atoms with Crippen molar-refractivity contribution in [1.29, 1.82) is 0 Å². The van der Waals surface area contributed by atoms with Crippen LogP contribution < -0.4 is 5.32 Å². The molecule has 0 spiro atoms. The summed E-state index contributed by atoms with van der Waals surface area (Å²) >= 11 is 0. The summed E-state index contributed by atoms with van der Waals surface area (Å²) < 4.78 is 33.1. The molecule has 0 saturated carbocycles. The maximum Gasteiger partial charge on any atom is 0.256 e. The van der Waals surface area contributed by atoms with Crippen LogP contribution in [0.1, 0.15) is 24.2 Å². The van der Waals surface area contributed by atoms with E-state index in [4.69, 9.17) is 4.74 Å². The van der Waals surface area contributed by atoms with Gasteiger partial charge in [-0.2, -0.15) is 4.31 Å². The molecule has 0 radical (unpaired) electrons. The second-order valence-electron chi connectivity index (χ2n) is 7.97. The van der Waals surface area contributed by atoms with Gasteiger partial charge in [0.15, 0.2) is 0 Å². The number of amides is 1. The van der Waals surface area contributed by atoms with Gasteiger partial charge in [-0.25, -0.2) is 8.42 Å². The van der Waals surface area contributed by atoms with Crippen molar-refractivity contribution < 1.29 is 17.9 Å². The Bertz CT molecular complexity index is 1180. The molecule has 0 aliphatic carbocycles. The van der Waals surface area contributed by atoms with Gasteiger partial charge in [-0.15, -0.1) is 0 Å². The highest BCUT2D eigenvalue weighted by Gasteiger charge is 2.32. The van der Waals surface area contributed by atoms with Gasteiger partial charge in [-0.3, -0.25) is 4.79 Å². The molecule has 3 aromatic carbocycles. The molecule has 3 aromatic rings. The molecule has 1 amide bonds. The van der Waals surface area contributed by atoms with Crippen LogP contribution in [0.25, 0.3) is 11.1 Å². The number of sulfonamides is 1. The fraction of sp³-hybridized carbons (Fsp3) is 0.240.